The molecule has 1 aliphatic heterocycles. The predicted molar refractivity (Wildman–Crippen MR) is 94.9 cm³/mol. The van der Waals surface area contributed by atoms with Gasteiger partial charge in [-0.2, -0.15) is 0 Å². The number of halogens is 2. The van der Waals surface area contributed by atoms with E-state index in [0.717, 1.165) is 31.6 Å². The molecule has 0 radical (unpaired) electrons. The second-order valence-corrected chi connectivity index (χ2v) is 6.27. The van der Waals surface area contributed by atoms with E-state index in [-0.39, 0.29) is 24.4 Å². The highest BCUT2D eigenvalue weighted by molar-refractivity contribution is 14.1. The molecule has 6 heteroatoms. The van der Waals surface area contributed by atoms with Crippen molar-refractivity contribution in [2.24, 2.45) is 5.73 Å². The summed E-state index contributed by atoms with van der Waals surface area (Å²) in [5.41, 5.74) is 5.69. The molecule has 1 aromatic carbocycles. The minimum absolute atomic E-state index is 0. The van der Waals surface area contributed by atoms with Crippen molar-refractivity contribution in [2.75, 3.05) is 19.7 Å². The second kappa shape index (κ2) is 9.48. The third-order valence-corrected chi connectivity index (χ3v) is 4.31. The van der Waals surface area contributed by atoms with Gasteiger partial charge in [0.15, 0.2) is 0 Å². The van der Waals surface area contributed by atoms with Crippen LogP contribution in [0.2, 0.25) is 0 Å². The van der Waals surface area contributed by atoms with Gasteiger partial charge in [0.05, 0.1) is 6.61 Å². The van der Waals surface area contributed by atoms with Crippen molar-refractivity contribution < 1.29 is 9.53 Å². The molecule has 0 spiro atoms. The summed E-state index contributed by atoms with van der Waals surface area (Å²) in [5.74, 6) is 1.07. The number of amides is 1. The molecule has 0 aromatic heterocycles. The van der Waals surface area contributed by atoms with Crippen LogP contribution in [0.25, 0.3) is 0 Å². The van der Waals surface area contributed by atoms with Gasteiger partial charge in [-0.25, -0.2) is 0 Å². The Balaban J connectivity index is 0.00000220. The van der Waals surface area contributed by atoms with Crippen LogP contribution in [0, 0.1) is 3.57 Å². The van der Waals surface area contributed by atoms with Crippen molar-refractivity contribution in [1.82, 2.24) is 4.90 Å². The summed E-state index contributed by atoms with van der Waals surface area (Å²) in [6.07, 6.45) is 3.41. The summed E-state index contributed by atoms with van der Waals surface area (Å²) in [4.78, 5) is 14.0. The molecule has 0 saturated carbocycles. The lowest BCUT2D eigenvalue weighted by Crippen LogP contribution is -2.39. The number of benzene rings is 1. The first kappa shape index (κ1) is 18.5. The highest BCUT2D eigenvalue weighted by Crippen LogP contribution is 2.18. The molecule has 1 saturated heterocycles. The van der Waals surface area contributed by atoms with Crippen LogP contribution in [-0.4, -0.2) is 36.5 Å². The summed E-state index contributed by atoms with van der Waals surface area (Å²) in [6, 6.07) is 8.18. The summed E-state index contributed by atoms with van der Waals surface area (Å²) in [5, 5.41) is 0. The highest BCUT2D eigenvalue weighted by Gasteiger charge is 2.26. The van der Waals surface area contributed by atoms with Gasteiger partial charge in [-0.3, -0.25) is 4.79 Å². The molecular formula is C15H22ClIN2O2. The van der Waals surface area contributed by atoms with Crippen molar-refractivity contribution in [3.8, 4) is 5.75 Å². The first-order chi connectivity index (χ1) is 9.70. The molecule has 4 nitrogen and oxygen atoms in total. The fourth-order valence-corrected chi connectivity index (χ4v) is 2.86. The van der Waals surface area contributed by atoms with E-state index in [9.17, 15) is 4.79 Å². The fraction of sp³-hybridized carbons (Fsp3) is 0.533. The Bertz CT molecular complexity index is 442. The third kappa shape index (κ3) is 5.64. The molecule has 2 rings (SSSR count). The number of ether oxygens (including phenoxy) is 1. The third-order valence-electron chi connectivity index (χ3n) is 3.59. The highest BCUT2D eigenvalue weighted by atomic mass is 127. The summed E-state index contributed by atoms with van der Waals surface area (Å²) >= 11 is 2.26. The number of carbonyl (C=O) groups excluding carboxylic acids is 1. The normalized spacial score (nSPS) is 17.4. The first-order valence-electron chi connectivity index (χ1n) is 7.08. The van der Waals surface area contributed by atoms with Gasteiger partial charge in [-0.05, 0) is 66.1 Å². The topological polar surface area (TPSA) is 55.6 Å². The van der Waals surface area contributed by atoms with E-state index in [0.29, 0.717) is 19.6 Å². The molecule has 1 fully saturated rings. The SMILES string of the molecule is Cl.NCC1CCCN1C(=O)CCCOc1ccc(I)cc1. The number of rotatable bonds is 6. The zero-order chi connectivity index (χ0) is 14.4. The van der Waals surface area contributed by atoms with Crippen molar-refractivity contribution in [2.45, 2.75) is 31.7 Å². The monoisotopic (exact) mass is 424 g/mol. The van der Waals surface area contributed by atoms with Gasteiger partial charge in [-0.1, -0.05) is 0 Å². The van der Waals surface area contributed by atoms with E-state index >= 15 is 0 Å². The predicted octanol–water partition coefficient (Wildman–Crippen LogP) is 2.82. The molecule has 1 aromatic rings. The summed E-state index contributed by atoms with van der Waals surface area (Å²) < 4.78 is 6.82. The maximum Gasteiger partial charge on any atom is 0.222 e. The molecule has 1 heterocycles. The van der Waals surface area contributed by atoms with Gasteiger partial charge < -0.3 is 15.4 Å². The first-order valence-corrected chi connectivity index (χ1v) is 8.16. The van der Waals surface area contributed by atoms with Crippen LogP contribution in [0.1, 0.15) is 25.7 Å². The van der Waals surface area contributed by atoms with Gasteiger partial charge in [0.2, 0.25) is 5.91 Å². The zero-order valence-corrected chi connectivity index (χ0v) is 14.9. The molecule has 2 N–H and O–H groups in total. The van der Waals surface area contributed by atoms with E-state index in [1.165, 1.54) is 3.57 Å². The Morgan fingerprint density at radius 3 is 2.76 bits per heavy atom. The number of nitrogens with zero attached hydrogens (tertiary/aromatic N) is 1. The van der Waals surface area contributed by atoms with Crippen LogP contribution in [0.15, 0.2) is 24.3 Å². The lowest BCUT2D eigenvalue weighted by atomic mass is 10.2. The number of hydrogen-bond donors (Lipinski definition) is 1. The van der Waals surface area contributed by atoms with E-state index in [2.05, 4.69) is 22.6 Å². The molecule has 1 amide bonds. The number of nitrogens with two attached hydrogens (primary N) is 1. The average molecular weight is 425 g/mol. The average Bonchev–Trinajstić information content (AvgIpc) is 2.94. The van der Waals surface area contributed by atoms with Crippen LogP contribution in [0.5, 0.6) is 5.75 Å². The smallest absolute Gasteiger partial charge is 0.222 e. The molecule has 1 unspecified atom stereocenters. The van der Waals surface area contributed by atoms with E-state index in [4.69, 9.17) is 10.5 Å². The minimum atomic E-state index is 0. The number of hydrogen-bond acceptors (Lipinski definition) is 3. The van der Waals surface area contributed by atoms with Gasteiger partial charge in [0.1, 0.15) is 5.75 Å². The zero-order valence-electron chi connectivity index (χ0n) is 12.0. The van der Waals surface area contributed by atoms with Crippen LogP contribution in [0.4, 0.5) is 0 Å². The quantitative estimate of drug-likeness (QED) is 0.564. The minimum Gasteiger partial charge on any atom is -0.494 e. The van der Waals surface area contributed by atoms with E-state index in [1.807, 2.05) is 29.2 Å². The molecular weight excluding hydrogens is 403 g/mol. The van der Waals surface area contributed by atoms with Crippen LogP contribution >= 0.6 is 35.0 Å². The van der Waals surface area contributed by atoms with Crippen LogP contribution in [0.3, 0.4) is 0 Å². The van der Waals surface area contributed by atoms with Crippen molar-refractivity contribution in [3.63, 3.8) is 0 Å². The van der Waals surface area contributed by atoms with Crippen molar-refractivity contribution in [1.29, 1.82) is 0 Å². The lowest BCUT2D eigenvalue weighted by Gasteiger charge is -2.23. The molecule has 1 atom stereocenters. The molecule has 0 bridgehead atoms. The Hall–Kier alpha value is -0.530. The fourth-order valence-electron chi connectivity index (χ4n) is 2.50. The van der Waals surface area contributed by atoms with Crippen molar-refractivity contribution >= 4 is 40.9 Å². The maximum atomic E-state index is 12.1. The summed E-state index contributed by atoms with van der Waals surface area (Å²) in [7, 11) is 0. The number of carbonyl (C=O) groups is 1. The van der Waals surface area contributed by atoms with Gasteiger partial charge >= 0.3 is 0 Å². The second-order valence-electron chi connectivity index (χ2n) is 5.02. The Labute approximate surface area is 145 Å². The Morgan fingerprint density at radius 1 is 1.38 bits per heavy atom. The summed E-state index contributed by atoms with van der Waals surface area (Å²) in [6.45, 7) is 2.01. The largest absolute Gasteiger partial charge is 0.494 e. The Kier molecular flexibility index (Phi) is 8.36. The molecule has 1 aliphatic rings. The molecule has 21 heavy (non-hydrogen) atoms. The maximum absolute atomic E-state index is 12.1. The van der Waals surface area contributed by atoms with E-state index in [1.54, 1.807) is 0 Å². The van der Waals surface area contributed by atoms with Crippen molar-refractivity contribution in [3.05, 3.63) is 27.8 Å². The van der Waals surface area contributed by atoms with Crippen LogP contribution in [-0.2, 0) is 4.79 Å². The molecule has 118 valence electrons. The Morgan fingerprint density at radius 2 is 2.10 bits per heavy atom. The van der Waals surface area contributed by atoms with Gasteiger partial charge in [0, 0.05) is 29.1 Å². The van der Waals surface area contributed by atoms with Gasteiger partial charge in [0.25, 0.3) is 0 Å². The van der Waals surface area contributed by atoms with E-state index < -0.39 is 0 Å². The number of likely N-dealkylation sites (tertiary alicyclic amines) is 1. The lowest BCUT2D eigenvalue weighted by molar-refractivity contribution is -0.132. The standard InChI is InChI=1S/C15H21IN2O2.ClH/c16-12-5-7-14(8-6-12)20-10-2-4-15(19)18-9-1-3-13(18)11-17;/h5-8,13H,1-4,9-11,17H2;1H. The van der Waals surface area contributed by atoms with Crippen LogP contribution < -0.4 is 10.5 Å². The molecule has 0 aliphatic carbocycles. The van der Waals surface area contributed by atoms with Gasteiger partial charge in [-0.15, -0.1) is 12.4 Å².